The first kappa shape index (κ1) is 18.9. The lowest BCUT2D eigenvalue weighted by Crippen LogP contribution is -2.35. The maximum atomic E-state index is 9.99. The molecule has 1 unspecified atom stereocenters. The molecule has 0 amide bonds. The highest BCUT2D eigenvalue weighted by atomic mass is 16.6. The number of allylic oxidation sites excluding steroid dienone is 1. The summed E-state index contributed by atoms with van der Waals surface area (Å²) in [5.41, 5.74) is 7.79. The molecule has 1 aliphatic rings. The Kier molecular flexibility index (Phi) is 6.27. The molecule has 0 bridgehead atoms. The summed E-state index contributed by atoms with van der Waals surface area (Å²) in [5.74, 6) is 0. The molecule has 2 aromatic rings. The molecule has 0 fully saturated rings. The third kappa shape index (κ3) is 4.62. The molecule has 2 aromatic carbocycles. The minimum absolute atomic E-state index is 0.244. The smallest absolute Gasteiger partial charge is 0.102 e. The molecule has 0 spiro atoms. The minimum atomic E-state index is -0.536. The number of aliphatic hydroxyl groups is 1. The largest absolute Gasteiger partial charge is 0.389 e. The summed E-state index contributed by atoms with van der Waals surface area (Å²) in [6.45, 7) is 4.68. The fourth-order valence-corrected chi connectivity index (χ4v) is 3.24. The summed E-state index contributed by atoms with van der Waals surface area (Å²) in [7, 11) is 4.06. The Morgan fingerprint density at radius 3 is 2.88 bits per heavy atom. The predicted octanol–water partition coefficient (Wildman–Crippen LogP) is 2.08. The summed E-state index contributed by atoms with van der Waals surface area (Å²) < 4.78 is 0. The van der Waals surface area contributed by atoms with Gasteiger partial charge in [0.15, 0.2) is 0 Å². The number of hydrogen-bond acceptors (Lipinski definition) is 5. The Hall–Kier alpha value is -1.92. The summed E-state index contributed by atoms with van der Waals surface area (Å²) in [6, 6.07) is 10.9. The summed E-state index contributed by atoms with van der Waals surface area (Å²) >= 11 is 0. The molecule has 0 aromatic heterocycles. The highest BCUT2D eigenvalue weighted by Gasteiger charge is 2.17. The van der Waals surface area contributed by atoms with Crippen molar-refractivity contribution in [2.75, 3.05) is 40.3 Å². The van der Waals surface area contributed by atoms with Crippen LogP contribution in [0, 0.1) is 6.92 Å². The minimum Gasteiger partial charge on any atom is -0.389 e. The fraction of sp³-hybridized carbons (Fsp3) is 0.429. The van der Waals surface area contributed by atoms with E-state index in [1.807, 2.05) is 14.1 Å². The molecule has 0 aliphatic heterocycles. The van der Waals surface area contributed by atoms with Crippen LogP contribution in [0.5, 0.6) is 0 Å². The fourth-order valence-electron chi connectivity index (χ4n) is 3.24. The molecular formula is C21H29N3O2. The number of nitrogens with zero attached hydrogens (tertiary/aromatic N) is 1. The van der Waals surface area contributed by atoms with Gasteiger partial charge in [0.2, 0.25) is 0 Å². The van der Waals surface area contributed by atoms with Gasteiger partial charge >= 0.3 is 0 Å². The van der Waals surface area contributed by atoms with Crippen molar-refractivity contribution in [2.45, 2.75) is 19.4 Å². The molecular weight excluding hydrogens is 326 g/mol. The third-order valence-corrected chi connectivity index (χ3v) is 4.66. The zero-order valence-electron chi connectivity index (χ0n) is 15.9. The van der Waals surface area contributed by atoms with Gasteiger partial charge in [-0.3, -0.25) is 10.3 Å². The average Bonchev–Trinajstić information content (AvgIpc) is 3.01. The van der Waals surface area contributed by atoms with Gasteiger partial charge < -0.3 is 15.3 Å². The Morgan fingerprint density at radius 2 is 2.08 bits per heavy atom. The summed E-state index contributed by atoms with van der Waals surface area (Å²) in [5, 5.41) is 15.8. The van der Waals surface area contributed by atoms with Crippen LogP contribution in [-0.4, -0.2) is 56.4 Å². The quantitative estimate of drug-likeness (QED) is 0.475. The molecule has 0 radical (unpaired) electrons. The van der Waals surface area contributed by atoms with Gasteiger partial charge in [-0.25, -0.2) is 0 Å². The Labute approximate surface area is 155 Å². The maximum absolute atomic E-state index is 9.99. The van der Waals surface area contributed by atoms with E-state index >= 15 is 0 Å². The predicted molar refractivity (Wildman–Crippen MR) is 107 cm³/mol. The van der Waals surface area contributed by atoms with E-state index in [2.05, 4.69) is 59.0 Å². The number of aliphatic hydroxyl groups excluding tert-OH is 1. The van der Waals surface area contributed by atoms with Gasteiger partial charge in [-0.2, -0.15) is 0 Å². The van der Waals surface area contributed by atoms with Crippen LogP contribution in [0.1, 0.15) is 16.7 Å². The van der Waals surface area contributed by atoms with E-state index in [0.29, 0.717) is 6.54 Å². The Balaban J connectivity index is 1.50. The molecule has 140 valence electrons. The molecule has 0 saturated heterocycles. The van der Waals surface area contributed by atoms with E-state index in [1.165, 1.54) is 27.5 Å². The average molecular weight is 355 g/mol. The zero-order valence-corrected chi connectivity index (χ0v) is 15.9. The van der Waals surface area contributed by atoms with Crippen molar-refractivity contribution < 1.29 is 9.94 Å². The van der Waals surface area contributed by atoms with Crippen LogP contribution in [0.15, 0.2) is 36.4 Å². The van der Waals surface area contributed by atoms with Crippen molar-refractivity contribution in [3.05, 3.63) is 53.1 Å². The van der Waals surface area contributed by atoms with Crippen molar-refractivity contribution in [3.8, 4) is 0 Å². The van der Waals surface area contributed by atoms with Crippen LogP contribution in [0.4, 0.5) is 0 Å². The van der Waals surface area contributed by atoms with Crippen molar-refractivity contribution in [1.29, 1.82) is 0 Å². The van der Waals surface area contributed by atoms with Gasteiger partial charge in [0.05, 0.1) is 11.8 Å². The van der Waals surface area contributed by atoms with E-state index in [4.69, 9.17) is 4.84 Å². The van der Waals surface area contributed by atoms with E-state index in [9.17, 15) is 5.11 Å². The topological polar surface area (TPSA) is 56.8 Å². The Morgan fingerprint density at radius 1 is 1.23 bits per heavy atom. The van der Waals surface area contributed by atoms with Gasteiger partial charge in [0, 0.05) is 25.2 Å². The SMILES string of the molecule is Cc1ccc2c3c(ccc2c1)C(NOCC(O)CNCCN(C)C)=CC3. The summed E-state index contributed by atoms with van der Waals surface area (Å²) in [6.07, 6.45) is 2.51. The second-order valence-electron chi connectivity index (χ2n) is 7.21. The van der Waals surface area contributed by atoms with Crippen molar-refractivity contribution >= 4 is 16.5 Å². The molecule has 0 heterocycles. The summed E-state index contributed by atoms with van der Waals surface area (Å²) in [4.78, 5) is 7.63. The van der Waals surface area contributed by atoms with Crippen molar-refractivity contribution in [1.82, 2.24) is 15.7 Å². The molecule has 1 atom stereocenters. The highest BCUT2D eigenvalue weighted by molar-refractivity contribution is 5.92. The van der Waals surface area contributed by atoms with E-state index < -0.39 is 6.10 Å². The lowest BCUT2D eigenvalue weighted by molar-refractivity contribution is 0.00425. The van der Waals surface area contributed by atoms with Gasteiger partial charge in [-0.15, -0.1) is 0 Å². The van der Waals surface area contributed by atoms with Gasteiger partial charge in [0.25, 0.3) is 0 Å². The third-order valence-electron chi connectivity index (χ3n) is 4.66. The first-order chi connectivity index (χ1) is 12.5. The van der Waals surface area contributed by atoms with Crippen LogP contribution < -0.4 is 10.8 Å². The number of aryl methyl sites for hydroxylation is 1. The second kappa shape index (κ2) is 8.64. The number of hydrogen-bond donors (Lipinski definition) is 3. The molecule has 3 rings (SSSR count). The van der Waals surface area contributed by atoms with E-state index in [-0.39, 0.29) is 6.61 Å². The van der Waals surface area contributed by atoms with Crippen molar-refractivity contribution in [2.24, 2.45) is 0 Å². The first-order valence-corrected chi connectivity index (χ1v) is 9.18. The van der Waals surface area contributed by atoms with Crippen LogP contribution >= 0.6 is 0 Å². The monoisotopic (exact) mass is 355 g/mol. The van der Waals surface area contributed by atoms with Gasteiger partial charge in [-0.1, -0.05) is 42.0 Å². The van der Waals surface area contributed by atoms with Crippen LogP contribution in [0.25, 0.3) is 16.5 Å². The number of hydroxylamine groups is 1. The van der Waals surface area contributed by atoms with E-state index in [0.717, 1.165) is 25.2 Å². The maximum Gasteiger partial charge on any atom is 0.102 e. The number of fused-ring (bicyclic) bond motifs is 3. The number of likely N-dealkylation sites (N-methyl/N-ethyl adjacent to an activating group) is 1. The zero-order chi connectivity index (χ0) is 18.5. The highest BCUT2D eigenvalue weighted by Crippen LogP contribution is 2.32. The van der Waals surface area contributed by atoms with Crippen LogP contribution in [0.2, 0.25) is 0 Å². The lowest BCUT2D eigenvalue weighted by atomic mass is 9.98. The number of rotatable bonds is 9. The second-order valence-corrected chi connectivity index (χ2v) is 7.21. The molecule has 5 heteroatoms. The van der Waals surface area contributed by atoms with Crippen molar-refractivity contribution in [3.63, 3.8) is 0 Å². The van der Waals surface area contributed by atoms with Crippen LogP contribution in [-0.2, 0) is 11.3 Å². The lowest BCUT2D eigenvalue weighted by Gasteiger charge is -2.15. The molecule has 0 saturated carbocycles. The van der Waals surface area contributed by atoms with Gasteiger partial charge in [0.1, 0.15) is 6.61 Å². The molecule has 26 heavy (non-hydrogen) atoms. The van der Waals surface area contributed by atoms with Crippen LogP contribution in [0.3, 0.4) is 0 Å². The number of nitrogens with one attached hydrogen (secondary N) is 2. The molecule has 1 aliphatic carbocycles. The first-order valence-electron chi connectivity index (χ1n) is 9.18. The number of benzene rings is 2. The molecule has 3 N–H and O–H groups in total. The Bertz CT molecular complexity index is 786. The molecule has 5 nitrogen and oxygen atoms in total. The standard InChI is InChI=1S/C21H29N3O2/c1-15-4-6-18-16(12-15)5-7-20-19(18)8-9-21(20)23-26-14-17(25)13-22-10-11-24(2)3/h4-7,9,12,17,22-23,25H,8,10-11,13-14H2,1-3H3. The van der Waals surface area contributed by atoms with E-state index in [1.54, 1.807) is 0 Å². The van der Waals surface area contributed by atoms with Gasteiger partial charge in [-0.05, 0) is 43.8 Å². The normalized spacial score (nSPS) is 14.6.